The van der Waals surface area contributed by atoms with E-state index in [1.807, 2.05) is 42.5 Å². The van der Waals surface area contributed by atoms with E-state index in [-0.39, 0.29) is 11.5 Å². The van der Waals surface area contributed by atoms with Crippen molar-refractivity contribution in [3.05, 3.63) is 70.7 Å². The molecule has 0 aromatic heterocycles. The Morgan fingerprint density at radius 2 is 1.76 bits per heavy atom. The van der Waals surface area contributed by atoms with Crippen LogP contribution < -0.4 is 4.74 Å². The summed E-state index contributed by atoms with van der Waals surface area (Å²) in [6.45, 7) is 0.285. The minimum absolute atomic E-state index is 0.260. The normalized spacial score (nSPS) is 11.8. The standard InChI is InChI=1S/C19H18BrNO3S/c1-21(2)25(22,23)16-8-5-6-14(12-16)13-24-18-11-10-15-7-3-4-9-17(15)19(18)20/h3-12H,13H2,1-2H3. The lowest BCUT2D eigenvalue weighted by atomic mass is 10.1. The van der Waals surface area contributed by atoms with Crippen LogP contribution in [0.5, 0.6) is 5.75 Å². The van der Waals surface area contributed by atoms with Crippen molar-refractivity contribution < 1.29 is 13.2 Å². The number of benzene rings is 3. The summed E-state index contributed by atoms with van der Waals surface area (Å²) in [5.74, 6) is 0.722. The van der Waals surface area contributed by atoms with Crippen LogP contribution in [0.4, 0.5) is 0 Å². The summed E-state index contributed by atoms with van der Waals surface area (Å²) < 4.78 is 32.5. The molecule has 130 valence electrons. The highest BCUT2D eigenvalue weighted by atomic mass is 79.9. The Balaban J connectivity index is 1.84. The van der Waals surface area contributed by atoms with Crippen LogP contribution in [-0.2, 0) is 16.6 Å². The van der Waals surface area contributed by atoms with Gasteiger partial charge in [-0.15, -0.1) is 0 Å². The van der Waals surface area contributed by atoms with Gasteiger partial charge in [0.15, 0.2) is 0 Å². The van der Waals surface area contributed by atoms with Crippen molar-refractivity contribution in [3.8, 4) is 5.75 Å². The van der Waals surface area contributed by atoms with Crippen LogP contribution in [0.3, 0.4) is 0 Å². The first kappa shape index (κ1) is 17.9. The summed E-state index contributed by atoms with van der Waals surface area (Å²) >= 11 is 3.59. The van der Waals surface area contributed by atoms with Gasteiger partial charge in [-0.2, -0.15) is 0 Å². The van der Waals surface area contributed by atoms with Gasteiger partial charge in [-0.05, 0) is 50.5 Å². The first-order valence-corrected chi connectivity index (χ1v) is 9.94. The maximum absolute atomic E-state index is 12.2. The summed E-state index contributed by atoms with van der Waals surface area (Å²) in [7, 11) is -0.414. The molecular formula is C19H18BrNO3S. The number of hydrogen-bond acceptors (Lipinski definition) is 3. The fourth-order valence-electron chi connectivity index (χ4n) is 2.49. The van der Waals surface area contributed by atoms with Crippen LogP contribution in [-0.4, -0.2) is 26.8 Å². The predicted octanol–water partition coefficient (Wildman–Crippen LogP) is 4.43. The molecule has 25 heavy (non-hydrogen) atoms. The molecule has 6 heteroatoms. The molecule has 0 aliphatic carbocycles. The van der Waals surface area contributed by atoms with Gasteiger partial charge in [-0.1, -0.05) is 42.5 Å². The number of fused-ring (bicyclic) bond motifs is 1. The van der Waals surface area contributed by atoms with Crippen molar-refractivity contribution in [1.29, 1.82) is 0 Å². The summed E-state index contributed by atoms with van der Waals surface area (Å²) in [4.78, 5) is 0.260. The molecule has 0 atom stereocenters. The quantitative estimate of drug-likeness (QED) is 0.614. The zero-order valence-electron chi connectivity index (χ0n) is 13.9. The van der Waals surface area contributed by atoms with Crippen LogP contribution in [0.2, 0.25) is 0 Å². The number of sulfonamides is 1. The number of rotatable bonds is 5. The van der Waals surface area contributed by atoms with Crippen molar-refractivity contribution in [1.82, 2.24) is 4.31 Å². The molecule has 0 aliphatic rings. The van der Waals surface area contributed by atoms with Gasteiger partial charge in [0.1, 0.15) is 12.4 Å². The zero-order valence-corrected chi connectivity index (χ0v) is 16.3. The van der Waals surface area contributed by atoms with Gasteiger partial charge in [0, 0.05) is 14.1 Å². The second-order valence-electron chi connectivity index (χ2n) is 5.82. The summed E-state index contributed by atoms with van der Waals surface area (Å²) in [6, 6.07) is 18.8. The van der Waals surface area contributed by atoms with Crippen molar-refractivity contribution in [2.75, 3.05) is 14.1 Å². The molecule has 0 aliphatic heterocycles. The highest BCUT2D eigenvalue weighted by Crippen LogP contribution is 2.33. The molecule has 0 saturated heterocycles. The second kappa shape index (κ2) is 7.15. The molecule has 0 fully saturated rings. The molecule has 3 aromatic rings. The first-order chi connectivity index (χ1) is 11.9. The van der Waals surface area contributed by atoms with Gasteiger partial charge in [0.05, 0.1) is 9.37 Å². The number of hydrogen-bond donors (Lipinski definition) is 0. The molecule has 0 unspecified atom stereocenters. The van der Waals surface area contributed by atoms with E-state index in [9.17, 15) is 8.42 Å². The average molecular weight is 420 g/mol. The van der Waals surface area contributed by atoms with E-state index < -0.39 is 10.0 Å². The number of nitrogens with zero attached hydrogens (tertiary/aromatic N) is 1. The zero-order chi connectivity index (χ0) is 18.0. The first-order valence-electron chi connectivity index (χ1n) is 7.71. The largest absolute Gasteiger partial charge is 0.488 e. The van der Waals surface area contributed by atoms with Gasteiger partial charge in [-0.25, -0.2) is 12.7 Å². The molecule has 0 heterocycles. The van der Waals surface area contributed by atoms with E-state index in [2.05, 4.69) is 15.9 Å². The van der Waals surface area contributed by atoms with E-state index in [4.69, 9.17) is 4.74 Å². The average Bonchev–Trinajstić information content (AvgIpc) is 2.61. The second-order valence-corrected chi connectivity index (χ2v) is 8.77. The van der Waals surface area contributed by atoms with Crippen molar-refractivity contribution in [2.45, 2.75) is 11.5 Å². The third-order valence-corrected chi connectivity index (χ3v) is 6.53. The monoisotopic (exact) mass is 419 g/mol. The summed E-state index contributed by atoms with van der Waals surface area (Å²) in [6.07, 6.45) is 0. The molecule has 0 bridgehead atoms. The van der Waals surface area contributed by atoms with Crippen molar-refractivity contribution in [2.24, 2.45) is 0 Å². The highest BCUT2D eigenvalue weighted by Gasteiger charge is 2.17. The lowest BCUT2D eigenvalue weighted by Crippen LogP contribution is -2.22. The molecular weight excluding hydrogens is 402 g/mol. The molecule has 3 aromatic carbocycles. The van der Waals surface area contributed by atoms with E-state index in [1.165, 1.54) is 18.4 Å². The SMILES string of the molecule is CN(C)S(=O)(=O)c1cccc(COc2ccc3ccccc3c2Br)c1. The molecule has 0 spiro atoms. The Kier molecular flexibility index (Phi) is 5.13. The smallest absolute Gasteiger partial charge is 0.242 e. The fraction of sp³-hybridized carbons (Fsp3) is 0.158. The Morgan fingerprint density at radius 3 is 2.52 bits per heavy atom. The van der Waals surface area contributed by atoms with Crippen molar-refractivity contribution in [3.63, 3.8) is 0 Å². The van der Waals surface area contributed by atoms with Crippen LogP contribution in [0, 0.1) is 0 Å². The molecule has 0 saturated carbocycles. The maximum atomic E-state index is 12.2. The van der Waals surface area contributed by atoms with E-state index in [0.29, 0.717) is 0 Å². The van der Waals surface area contributed by atoms with Crippen LogP contribution in [0.1, 0.15) is 5.56 Å². The molecule has 0 N–H and O–H groups in total. The highest BCUT2D eigenvalue weighted by molar-refractivity contribution is 9.10. The lowest BCUT2D eigenvalue weighted by Gasteiger charge is -2.13. The molecule has 3 rings (SSSR count). The Bertz CT molecular complexity index is 1020. The summed E-state index contributed by atoms with van der Waals surface area (Å²) in [5, 5.41) is 2.20. The Morgan fingerprint density at radius 1 is 1.00 bits per heavy atom. The third kappa shape index (κ3) is 3.71. The van der Waals surface area contributed by atoms with Gasteiger partial charge in [-0.3, -0.25) is 0 Å². The van der Waals surface area contributed by atoms with Gasteiger partial charge in [0.2, 0.25) is 10.0 Å². The number of ether oxygens (including phenoxy) is 1. The van der Waals surface area contributed by atoms with Crippen LogP contribution in [0.15, 0.2) is 70.0 Å². The topological polar surface area (TPSA) is 46.6 Å². The summed E-state index contributed by atoms with van der Waals surface area (Å²) in [5.41, 5.74) is 0.794. The van der Waals surface area contributed by atoms with Gasteiger partial charge < -0.3 is 4.74 Å². The Hall–Kier alpha value is -1.89. The molecule has 0 radical (unpaired) electrons. The minimum atomic E-state index is -3.45. The third-order valence-electron chi connectivity index (χ3n) is 3.90. The lowest BCUT2D eigenvalue weighted by molar-refractivity contribution is 0.304. The van der Waals surface area contributed by atoms with Gasteiger partial charge in [0.25, 0.3) is 0 Å². The number of halogens is 1. The Labute approximate surface area is 156 Å². The van der Waals surface area contributed by atoms with Crippen molar-refractivity contribution >= 4 is 36.7 Å². The minimum Gasteiger partial charge on any atom is -0.488 e. The van der Waals surface area contributed by atoms with E-state index in [0.717, 1.165) is 26.6 Å². The predicted molar refractivity (Wildman–Crippen MR) is 103 cm³/mol. The molecule has 4 nitrogen and oxygen atoms in total. The van der Waals surface area contributed by atoms with E-state index in [1.54, 1.807) is 18.2 Å². The van der Waals surface area contributed by atoms with E-state index >= 15 is 0 Å². The fourth-order valence-corrected chi connectivity index (χ4v) is 4.07. The van der Waals surface area contributed by atoms with Crippen LogP contribution >= 0.6 is 15.9 Å². The molecule has 0 amide bonds. The maximum Gasteiger partial charge on any atom is 0.242 e. The van der Waals surface area contributed by atoms with Gasteiger partial charge >= 0.3 is 0 Å². The van der Waals surface area contributed by atoms with Crippen LogP contribution in [0.25, 0.3) is 10.8 Å².